The van der Waals surface area contributed by atoms with Gasteiger partial charge < -0.3 is 10.2 Å². The summed E-state index contributed by atoms with van der Waals surface area (Å²) >= 11 is 1.79. The fraction of sp³-hybridized carbons (Fsp3) is 0.471. The van der Waals surface area contributed by atoms with Crippen LogP contribution in [0.25, 0.3) is 0 Å². The Kier molecular flexibility index (Phi) is 4.24. The number of nitrogens with zero attached hydrogens (tertiary/aromatic N) is 1. The Hall–Kier alpha value is -1.42. The second-order valence-corrected chi connectivity index (χ2v) is 6.75. The number of nitrogens with one attached hydrogen (secondary N) is 1. The third kappa shape index (κ3) is 2.95. The van der Waals surface area contributed by atoms with Gasteiger partial charge in [0.1, 0.15) is 0 Å². The van der Waals surface area contributed by atoms with E-state index >= 15 is 0 Å². The molecule has 0 bridgehead atoms. The zero-order valence-corrected chi connectivity index (χ0v) is 13.3. The van der Waals surface area contributed by atoms with Crippen LogP contribution >= 0.6 is 11.8 Å². The Balaban J connectivity index is 1.70. The highest BCUT2D eigenvalue weighted by Crippen LogP contribution is 2.39. The molecule has 1 heterocycles. The number of rotatable bonds is 3. The van der Waals surface area contributed by atoms with Crippen molar-refractivity contribution in [3.8, 4) is 0 Å². The monoisotopic (exact) mass is 302 g/mol. The molecule has 4 heteroatoms. The van der Waals surface area contributed by atoms with Gasteiger partial charge in [-0.05, 0) is 36.8 Å². The van der Waals surface area contributed by atoms with Crippen LogP contribution in [0.1, 0.15) is 31.2 Å². The molecule has 3 nitrogen and oxygen atoms in total. The fourth-order valence-corrected chi connectivity index (χ4v) is 3.97. The number of carbonyl (C=O) groups excluding carboxylic acids is 1. The molecule has 1 spiro atoms. The highest BCUT2D eigenvalue weighted by molar-refractivity contribution is 7.97. The van der Waals surface area contributed by atoms with Crippen LogP contribution in [0.4, 0.5) is 10.5 Å². The van der Waals surface area contributed by atoms with Crippen molar-refractivity contribution < 1.29 is 4.79 Å². The second kappa shape index (κ2) is 6.14. The van der Waals surface area contributed by atoms with Crippen LogP contribution in [-0.4, -0.2) is 29.3 Å². The molecule has 1 aromatic rings. The zero-order valence-electron chi connectivity index (χ0n) is 12.5. The minimum Gasteiger partial charge on any atom is -0.312 e. The summed E-state index contributed by atoms with van der Waals surface area (Å²) in [5.74, 6) is 0.971. The summed E-state index contributed by atoms with van der Waals surface area (Å²) < 4.78 is 0. The van der Waals surface area contributed by atoms with E-state index < -0.39 is 0 Å². The molecule has 1 aliphatic carbocycles. The predicted octanol–water partition coefficient (Wildman–Crippen LogP) is 4.27. The van der Waals surface area contributed by atoms with E-state index in [9.17, 15) is 4.79 Å². The van der Waals surface area contributed by atoms with Crippen molar-refractivity contribution in [1.29, 1.82) is 0 Å². The maximum absolute atomic E-state index is 12.6. The van der Waals surface area contributed by atoms with Gasteiger partial charge in [0.05, 0.1) is 5.54 Å². The minimum absolute atomic E-state index is 0.0129. The standard InChI is InChI=1S/C17H22N2OS/c1-21-13-14-6-4-7-15(12-14)18-16(20)19-11-5-10-17(19)8-2-3-9-17/h4-7,10,12H,2-3,8-9,11,13H2,1H3,(H,18,20). The summed E-state index contributed by atoms with van der Waals surface area (Å²) in [5.41, 5.74) is 2.13. The Bertz CT molecular complexity index is 549. The third-order valence-electron chi connectivity index (χ3n) is 4.46. The molecule has 21 heavy (non-hydrogen) atoms. The number of amides is 2. The first-order valence-electron chi connectivity index (χ1n) is 7.58. The SMILES string of the molecule is CSCc1cccc(NC(=O)N2CC=CC23CCCC3)c1. The van der Waals surface area contributed by atoms with Crippen LogP contribution < -0.4 is 5.32 Å². The molecule has 1 aliphatic heterocycles. The first-order valence-corrected chi connectivity index (χ1v) is 8.97. The molecule has 1 aromatic carbocycles. The summed E-state index contributed by atoms with van der Waals surface area (Å²) in [6, 6.07) is 8.17. The summed E-state index contributed by atoms with van der Waals surface area (Å²) in [5, 5.41) is 3.07. The van der Waals surface area contributed by atoms with Crippen molar-refractivity contribution in [2.75, 3.05) is 18.1 Å². The number of hydrogen-bond acceptors (Lipinski definition) is 2. The molecule has 112 valence electrons. The first-order chi connectivity index (χ1) is 10.2. The van der Waals surface area contributed by atoms with Gasteiger partial charge in [-0.25, -0.2) is 4.79 Å². The van der Waals surface area contributed by atoms with E-state index in [2.05, 4.69) is 35.9 Å². The zero-order chi connectivity index (χ0) is 14.7. The number of hydrogen-bond donors (Lipinski definition) is 1. The first kappa shape index (κ1) is 14.5. The molecule has 2 aliphatic rings. The highest BCUT2D eigenvalue weighted by atomic mass is 32.2. The van der Waals surface area contributed by atoms with Gasteiger partial charge in [-0.1, -0.05) is 37.1 Å². The maximum Gasteiger partial charge on any atom is 0.322 e. The number of benzene rings is 1. The molecular formula is C17H22N2OS. The molecule has 2 amide bonds. The van der Waals surface area contributed by atoms with Gasteiger partial charge in [-0.15, -0.1) is 0 Å². The van der Waals surface area contributed by atoms with Gasteiger partial charge in [0.25, 0.3) is 0 Å². The lowest BCUT2D eigenvalue weighted by molar-refractivity contribution is 0.175. The average Bonchev–Trinajstić information content (AvgIpc) is 3.10. The van der Waals surface area contributed by atoms with Crippen molar-refractivity contribution in [1.82, 2.24) is 4.90 Å². The molecule has 0 atom stereocenters. The van der Waals surface area contributed by atoms with Crippen LogP contribution in [0.2, 0.25) is 0 Å². The van der Waals surface area contributed by atoms with Crippen molar-refractivity contribution in [2.24, 2.45) is 0 Å². The summed E-state index contributed by atoms with van der Waals surface area (Å²) in [6.45, 7) is 0.732. The van der Waals surface area contributed by atoms with Gasteiger partial charge >= 0.3 is 6.03 Å². The average molecular weight is 302 g/mol. The van der Waals surface area contributed by atoms with E-state index in [4.69, 9.17) is 0 Å². The van der Waals surface area contributed by atoms with E-state index in [-0.39, 0.29) is 11.6 Å². The van der Waals surface area contributed by atoms with Gasteiger partial charge in [0.2, 0.25) is 0 Å². The minimum atomic E-state index is -0.0129. The van der Waals surface area contributed by atoms with E-state index in [1.165, 1.54) is 18.4 Å². The maximum atomic E-state index is 12.6. The summed E-state index contributed by atoms with van der Waals surface area (Å²) in [4.78, 5) is 14.6. The molecule has 1 saturated carbocycles. The number of carbonyl (C=O) groups is 1. The number of thioether (sulfide) groups is 1. The fourth-order valence-electron chi connectivity index (χ4n) is 3.45. The molecule has 1 N–H and O–H groups in total. The number of urea groups is 1. The molecule has 3 rings (SSSR count). The molecule has 1 fully saturated rings. The topological polar surface area (TPSA) is 32.3 Å². The smallest absolute Gasteiger partial charge is 0.312 e. The largest absolute Gasteiger partial charge is 0.322 e. The van der Waals surface area contributed by atoms with Crippen molar-refractivity contribution in [3.63, 3.8) is 0 Å². The predicted molar refractivity (Wildman–Crippen MR) is 89.7 cm³/mol. The van der Waals surface area contributed by atoms with Crippen LogP contribution in [0, 0.1) is 0 Å². The van der Waals surface area contributed by atoms with Gasteiger partial charge in [0.15, 0.2) is 0 Å². The van der Waals surface area contributed by atoms with Gasteiger partial charge in [0, 0.05) is 18.0 Å². The van der Waals surface area contributed by atoms with Crippen molar-refractivity contribution in [2.45, 2.75) is 37.0 Å². The lowest BCUT2D eigenvalue weighted by Gasteiger charge is -2.34. The Morgan fingerprint density at radius 2 is 2.19 bits per heavy atom. The van der Waals surface area contributed by atoms with E-state index in [1.807, 2.05) is 17.0 Å². The highest BCUT2D eigenvalue weighted by Gasteiger charge is 2.42. The molecule has 0 radical (unpaired) electrons. The molecule has 0 aromatic heterocycles. The normalized spacial score (nSPS) is 19.4. The van der Waals surface area contributed by atoms with Gasteiger partial charge in [-0.3, -0.25) is 0 Å². The Labute approximate surface area is 130 Å². The Morgan fingerprint density at radius 1 is 1.38 bits per heavy atom. The molecular weight excluding hydrogens is 280 g/mol. The van der Waals surface area contributed by atoms with E-state index in [0.717, 1.165) is 30.8 Å². The van der Waals surface area contributed by atoms with Crippen molar-refractivity contribution in [3.05, 3.63) is 42.0 Å². The van der Waals surface area contributed by atoms with Gasteiger partial charge in [-0.2, -0.15) is 11.8 Å². The lowest BCUT2D eigenvalue weighted by Crippen LogP contribution is -2.47. The number of anilines is 1. The van der Waals surface area contributed by atoms with E-state index in [0.29, 0.717) is 0 Å². The van der Waals surface area contributed by atoms with E-state index in [1.54, 1.807) is 11.8 Å². The lowest BCUT2D eigenvalue weighted by atomic mass is 9.98. The molecule has 0 saturated heterocycles. The quantitative estimate of drug-likeness (QED) is 0.846. The summed E-state index contributed by atoms with van der Waals surface area (Å²) in [7, 11) is 0. The molecule has 0 unspecified atom stereocenters. The summed E-state index contributed by atoms with van der Waals surface area (Å²) in [6.07, 6.45) is 11.1. The Morgan fingerprint density at radius 3 is 2.95 bits per heavy atom. The van der Waals surface area contributed by atoms with Crippen LogP contribution in [0.3, 0.4) is 0 Å². The van der Waals surface area contributed by atoms with Crippen LogP contribution in [0.5, 0.6) is 0 Å². The van der Waals surface area contributed by atoms with Crippen molar-refractivity contribution >= 4 is 23.5 Å². The van der Waals surface area contributed by atoms with Crippen LogP contribution in [0.15, 0.2) is 36.4 Å². The second-order valence-electron chi connectivity index (χ2n) is 5.89. The third-order valence-corrected chi connectivity index (χ3v) is 5.08. The van der Waals surface area contributed by atoms with Crippen LogP contribution in [-0.2, 0) is 5.75 Å².